The fourth-order valence-corrected chi connectivity index (χ4v) is 3.96. The van der Waals surface area contributed by atoms with Crippen LogP contribution < -0.4 is 5.32 Å². The number of anilines is 1. The van der Waals surface area contributed by atoms with E-state index in [0.717, 1.165) is 16.9 Å². The summed E-state index contributed by atoms with van der Waals surface area (Å²) in [5.74, 6) is 0.794. The number of nitrogens with one attached hydrogen (secondary N) is 1. The molecule has 8 nitrogen and oxygen atoms in total. The van der Waals surface area contributed by atoms with E-state index in [-0.39, 0.29) is 11.3 Å². The second-order valence-corrected chi connectivity index (χ2v) is 9.77. The summed E-state index contributed by atoms with van der Waals surface area (Å²) >= 11 is 6.03. The molecule has 1 N–H and O–H groups in total. The summed E-state index contributed by atoms with van der Waals surface area (Å²) < 4.78 is 3.32. The van der Waals surface area contributed by atoms with Crippen molar-refractivity contribution in [1.29, 1.82) is 0 Å². The van der Waals surface area contributed by atoms with Crippen molar-refractivity contribution < 1.29 is 4.79 Å². The first-order valence-electron chi connectivity index (χ1n) is 11.1. The van der Waals surface area contributed by atoms with Crippen LogP contribution in [0.2, 0.25) is 5.02 Å². The number of rotatable bonds is 4. The first-order valence-corrected chi connectivity index (χ1v) is 11.5. The van der Waals surface area contributed by atoms with Crippen LogP contribution in [0.15, 0.2) is 67.1 Å². The van der Waals surface area contributed by atoms with E-state index in [9.17, 15) is 4.79 Å². The molecule has 0 unspecified atom stereocenters. The van der Waals surface area contributed by atoms with Crippen molar-refractivity contribution in [1.82, 2.24) is 29.5 Å². The standard InChI is InChI=1S/C26H24ClN7O/c1-16-13-22(31-25(35)17-5-7-18(8-6-17)26(2,3)4)34(32-16)24-21-14-30-33(23(21)28-15-29-24)20-11-9-19(27)10-12-20/h5-15H,1-4H3,(H,31,35). The number of halogens is 1. The maximum absolute atomic E-state index is 13.0. The lowest BCUT2D eigenvalue weighted by atomic mass is 9.87. The van der Waals surface area contributed by atoms with Gasteiger partial charge < -0.3 is 5.32 Å². The Morgan fingerprint density at radius 2 is 1.69 bits per heavy atom. The fourth-order valence-electron chi connectivity index (χ4n) is 3.83. The van der Waals surface area contributed by atoms with Gasteiger partial charge in [0.25, 0.3) is 5.91 Å². The molecule has 35 heavy (non-hydrogen) atoms. The molecule has 0 aliphatic heterocycles. The van der Waals surface area contributed by atoms with Gasteiger partial charge in [-0.2, -0.15) is 14.9 Å². The molecule has 0 atom stereocenters. The van der Waals surface area contributed by atoms with Gasteiger partial charge in [-0.25, -0.2) is 14.6 Å². The number of nitrogens with zero attached hydrogens (tertiary/aromatic N) is 6. The van der Waals surface area contributed by atoms with E-state index in [4.69, 9.17) is 11.6 Å². The zero-order valence-electron chi connectivity index (χ0n) is 19.8. The zero-order chi connectivity index (χ0) is 24.7. The monoisotopic (exact) mass is 485 g/mol. The summed E-state index contributed by atoms with van der Waals surface area (Å²) in [4.78, 5) is 21.9. The number of amides is 1. The lowest BCUT2D eigenvalue weighted by Crippen LogP contribution is -2.17. The second-order valence-electron chi connectivity index (χ2n) is 9.33. The minimum absolute atomic E-state index is 0.0135. The Hall–Kier alpha value is -4.04. The predicted octanol–water partition coefficient (Wildman–Crippen LogP) is 5.51. The van der Waals surface area contributed by atoms with E-state index in [1.54, 1.807) is 33.8 Å². The van der Waals surface area contributed by atoms with Crippen LogP contribution in [0.3, 0.4) is 0 Å². The highest BCUT2D eigenvalue weighted by molar-refractivity contribution is 6.30. The summed E-state index contributed by atoms with van der Waals surface area (Å²) in [6.45, 7) is 8.28. The topological polar surface area (TPSA) is 90.5 Å². The molecular weight excluding hydrogens is 462 g/mol. The van der Waals surface area contributed by atoms with E-state index in [1.807, 2.05) is 43.3 Å². The molecule has 3 heterocycles. The molecule has 9 heteroatoms. The molecule has 5 aromatic rings. The largest absolute Gasteiger partial charge is 0.306 e. The number of carbonyl (C=O) groups is 1. The molecule has 0 saturated carbocycles. The lowest BCUT2D eigenvalue weighted by Gasteiger charge is -2.19. The Balaban J connectivity index is 1.50. The van der Waals surface area contributed by atoms with Crippen LogP contribution in [0.5, 0.6) is 0 Å². The van der Waals surface area contributed by atoms with Gasteiger partial charge in [0.2, 0.25) is 0 Å². The molecule has 0 radical (unpaired) electrons. The van der Waals surface area contributed by atoms with Crippen LogP contribution in [0.4, 0.5) is 5.82 Å². The third-order valence-corrected chi connectivity index (χ3v) is 5.95. The van der Waals surface area contributed by atoms with Crippen molar-refractivity contribution in [2.45, 2.75) is 33.1 Å². The van der Waals surface area contributed by atoms with E-state index in [0.29, 0.717) is 33.3 Å². The molecular formula is C26H24ClN7O. The lowest BCUT2D eigenvalue weighted by molar-refractivity contribution is 0.102. The van der Waals surface area contributed by atoms with Gasteiger partial charge in [-0.3, -0.25) is 4.79 Å². The number of hydrogen-bond acceptors (Lipinski definition) is 5. The van der Waals surface area contributed by atoms with Gasteiger partial charge in [-0.15, -0.1) is 0 Å². The molecule has 5 rings (SSSR count). The molecule has 0 aliphatic rings. The van der Waals surface area contributed by atoms with Crippen molar-refractivity contribution in [2.24, 2.45) is 0 Å². The molecule has 0 spiro atoms. The van der Waals surface area contributed by atoms with Crippen molar-refractivity contribution in [3.05, 3.63) is 89.0 Å². The number of fused-ring (bicyclic) bond motifs is 1. The van der Waals surface area contributed by atoms with Crippen molar-refractivity contribution in [3.8, 4) is 11.5 Å². The third kappa shape index (κ3) is 4.40. The van der Waals surface area contributed by atoms with Gasteiger partial charge in [0.15, 0.2) is 11.5 Å². The molecule has 0 saturated heterocycles. The Labute approximate surface area is 207 Å². The highest BCUT2D eigenvalue weighted by Crippen LogP contribution is 2.26. The molecule has 3 aromatic heterocycles. The highest BCUT2D eigenvalue weighted by Gasteiger charge is 2.19. The molecule has 0 fully saturated rings. The Morgan fingerprint density at radius 1 is 0.971 bits per heavy atom. The van der Waals surface area contributed by atoms with E-state index < -0.39 is 0 Å². The van der Waals surface area contributed by atoms with Crippen LogP contribution >= 0.6 is 11.6 Å². The fraction of sp³-hybridized carbons (Fsp3) is 0.192. The Morgan fingerprint density at radius 3 is 2.37 bits per heavy atom. The molecule has 2 aromatic carbocycles. The van der Waals surface area contributed by atoms with Crippen LogP contribution in [-0.4, -0.2) is 35.4 Å². The molecule has 1 amide bonds. The van der Waals surface area contributed by atoms with Gasteiger partial charge in [0, 0.05) is 16.7 Å². The Bertz CT molecular complexity index is 1530. The van der Waals surface area contributed by atoms with Gasteiger partial charge in [-0.1, -0.05) is 44.5 Å². The minimum atomic E-state index is -0.228. The molecule has 176 valence electrons. The maximum atomic E-state index is 13.0. The quantitative estimate of drug-likeness (QED) is 0.362. The van der Waals surface area contributed by atoms with Gasteiger partial charge in [0.1, 0.15) is 12.1 Å². The molecule has 0 aliphatic carbocycles. The van der Waals surface area contributed by atoms with Crippen LogP contribution in [0, 0.1) is 6.92 Å². The summed E-state index contributed by atoms with van der Waals surface area (Å²) in [5.41, 5.74) is 3.90. The maximum Gasteiger partial charge on any atom is 0.256 e. The minimum Gasteiger partial charge on any atom is -0.306 e. The zero-order valence-corrected chi connectivity index (χ0v) is 20.6. The smallest absolute Gasteiger partial charge is 0.256 e. The number of carbonyl (C=O) groups excluding carboxylic acids is 1. The third-order valence-electron chi connectivity index (χ3n) is 5.70. The van der Waals surface area contributed by atoms with Crippen molar-refractivity contribution in [2.75, 3.05) is 5.32 Å². The summed E-state index contributed by atoms with van der Waals surface area (Å²) in [6.07, 6.45) is 3.15. The normalized spacial score (nSPS) is 11.7. The van der Waals surface area contributed by atoms with Gasteiger partial charge in [-0.05, 0) is 54.3 Å². The van der Waals surface area contributed by atoms with Crippen LogP contribution in [-0.2, 0) is 5.41 Å². The summed E-state index contributed by atoms with van der Waals surface area (Å²) in [6, 6.07) is 16.8. The Kier molecular flexibility index (Phi) is 5.61. The highest BCUT2D eigenvalue weighted by atomic mass is 35.5. The van der Waals surface area contributed by atoms with Crippen molar-refractivity contribution in [3.63, 3.8) is 0 Å². The number of aryl methyl sites for hydroxylation is 1. The van der Waals surface area contributed by atoms with Crippen LogP contribution in [0.1, 0.15) is 42.4 Å². The van der Waals surface area contributed by atoms with Gasteiger partial charge >= 0.3 is 0 Å². The first-order chi connectivity index (χ1) is 16.7. The van der Waals surface area contributed by atoms with Crippen LogP contribution in [0.25, 0.3) is 22.5 Å². The number of aromatic nitrogens is 6. The van der Waals surface area contributed by atoms with E-state index in [2.05, 4.69) is 46.3 Å². The average Bonchev–Trinajstić information content (AvgIpc) is 3.42. The van der Waals surface area contributed by atoms with Crippen molar-refractivity contribution >= 4 is 34.4 Å². The second kappa shape index (κ2) is 8.63. The molecule has 0 bridgehead atoms. The average molecular weight is 486 g/mol. The number of hydrogen-bond donors (Lipinski definition) is 1. The summed E-state index contributed by atoms with van der Waals surface area (Å²) in [7, 11) is 0. The van der Waals surface area contributed by atoms with E-state index in [1.165, 1.54) is 6.33 Å². The SMILES string of the molecule is Cc1cc(NC(=O)c2ccc(C(C)(C)C)cc2)n(-c2ncnc3c2cnn3-c2ccc(Cl)cc2)n1. The van der Waals surface area contributed by atoms with Gasteiger partial charge in [0.05, 0.1) is 23.0 Å². The predicted molar refractivity (Wildman–Crippen MR) is 137 cm³/mol. The van der Waals surface area contributed by atoms with E-state index >= 15 is 0 Å². The number of benzene rings is 2. The first kappa shape index (κ1) is 22.7. The summed E-state index contributed by atoms with van der Waals surface area (Å²) in [5, 5.41) is 13.4.